The van der Waals surface area contributed by atoms with Gasteiger partial charge in [0.1, 0.15) is 5.75 Å². The summed E-state index contributed by atoms with van der Waals surface area (Å²) in [4.78, 5) is 11.9. The van der Waals surface area contributed by atoms with E-state index in [2.05, 4.69) is 10.6 Å². The van der Waals surface area contributed by atoms with Crippen molar-refractivity contribution in [2.24, 2.45) is 0 Å². The molecule has 22 heavy (non-hydrogen) atoms. The summed E-state index contributed by atoms with van der Waals surface area (Å²) in [7, 11) is 0. The zero-order valence-electron chi connectivity index (χ0n) is 12.4. The highest BCUT2D eigenvalue weighted by Crippen LogP contribution is 2.23. The van der Waals surface area contributed by atoms with Gasteiger partial charge in [0, 0.05) is 6.54 Å². The Morgan fingerprint density at radius 1 is 1.36 bits per heavy atom. The lowest BCUT2D eigenvalue weighted by Crippen LogP contribution is -2.32. The maximum atomic E-state index is 11.9. The second-order valence-corrected chi connectivity index (χ2v) is 5.53. The van der Waals surface area contributed by atoms with Crippen LogP contribution < -0.4 is 15.4 Å². The highest BCUT2D eigenvalue weighted by atomic mass is 32.1. The number of para-hydroxylation sites is 2. The molecule has 0 saturated carbocycles. The number of hydrogen-bond acceptors (Lipinski definition) is 4. The molecular weight excluding hydrogens is 300 g/mol. The van der Waals surface area contributed by atoms with Gasteiger partial charge in [0.15, 0.2) is 0 Å². The van der Waals surface area contributed by atoms with Crippen molar-refractivity contribution in [3.8, 4) is 5.75 Å². The van der Waals surface area contributed by atoms with Gasteiger partial charge in [0.25, 0.3) is 0 Å². The average Bonchev–Trinajstić information content (AvgIpc) is 3.06. The summed E-state index contributed by atoms with van der Waals surface area (Å²) in [5, 5.41) is 19.1. The minimum Gasteiger partial charge on any atom is -0.491 e. The Labute approximate surface area is 133 Å². The normalized spacial score (nSPS) is 11.7. The summed E-state index contributed by atoms with van der Waals surface area (Å²) < 4.78 is 5.58. The van der Waals surface area contributed by atoms with Crippen molar-refractivity contribution < 1.29 is 14.6 Å². The highest BCUT2D eigenvalue weighted by molar-refractivity contribution is 7.07. The SMILES string of the molecule is CCCOc1ccccc1NC(=O)NCC(O)c1ccsc1. The first kappa shape index (κ1) is 16.3. The molecule has 1 heterocycles. The number of rotatable bonds is 7. The Morgan fingerprint density at radius 3 is 2.91 bits per heavy atom. The van der Waals surface area contributed by atoms with Crippen molar-refractivity contribution in [2.75, 3.05) is 18.5 Å². The van der Waals surface area contributed by atoms with Crippen molar-refractivity contribution >= 4 is 23.1 Å². The molecule has 2 rings (SSSR count). The number of amides is 2. The Morgan fingerprint density at radius 2 is 2.18 bits per heavy atom. The number of thiophene rings is 1. The summed E-state index contributed by atoms with van der Waals surface area (Å²) in [5.74, 6) is 0.637. The van der Waals surface area contributed by atoms with Crippen molar-refractivity contribution in [3.63, 3.8) is 0 Å². The van der Waals surface area contributed by atoms with Crippen molar-refractivity contribution in [1.82, 2.24) is 5.32 Å². The van der Waals surface area contributed by atoms with E-state index < -0.39 is 6.10 Å². The van der Waals surface area contributed by atoms with Gasteiger partial charge >= 0.3 is 6.03 Å². The molecule has 2 amide bonds. The molecule has 0 radical (unpaired) electrons. The molecule has 1 unspecified atom stereocenters. The summed E-state index contributed by atoms with van der Waals surface area (Å²) in [5.41, 5.74) is 1.41. The van der Waals surface area contributed by atoms with Crippen LogP contribution in [0, 0.1) is 0 Å². The molecule has 0 spiro atoms. The van der Waals surface area contributed by atoms with Crippen molar-refractivity contribution in [3.05, 3.63) is 46.7 Å². The number of carbonyl (C=O) groups is 1. The van der Waals surface area contributed by atoms with Crippen LogP contribution in [0.4, 0.5) is 10.5 Å². The van der Waals surface area contributed by atoms with Gasteiger partial charge in [-0.25, -0.2) is 4.79 Å². The zero-order valence-corrected chi connectivity index (χ0v) is 13.2. The Balaban J connectivity index is 1.86. The lowest BCUT2D eigenvalue weighted by atomic mass is 10.2. The van der Waals surface area contributed by atoms with Crippen LogP contribution >= 0.6 is 11.3 Å². The van der Waals surface area contributed by atoms with E-state index in [-0.39, 0.29) is 12.6 Å². The fraction of sp³-hybridized carbons (Fsp3) is 0.312. The predicted octanol–water partition coefficient (Wildman–Crippen LogP) is 3.39. The number of ether oxygens (including phenoxy) is 1. The highest BCUT2D eigenvalue weighted by Gasteiger charge is 2.11. The van der Waals surface area contributed by atoms with Crippen LogP contribution in [0.1, 0.15) is 25.0 Å². The van der Waals surface area contributed by atoms with Crippen LogP contribution in [-0.2, 0) is 0 Å². The molecule has 2 aromatic rings. The van der Waals surface area contributed by atoms with Crippen LogP contribution in [0.15, 0.2) is 41.1 Å². The lowest BCUT2D eigenvalue weighted by molar-refractivity contribution is 0.175. The van der Waals surface area contributed by atoms with Gasteiger partial charge in [-0.05, 0) is 40.9 Å². The van der Waals surface area contributed by atoms with Gasteiger partial charge in [-0.15, -0.1) is 0 Å². The molecular formula is C16H20N2O3S. The number of carbonyl (C=O) groups excluding carboxylic acids is 1. The average molecular weight is 320 g/mol. The molecule has 6 heteroatoms. The molecule has 118 valence electrons. The van der Waals surface area contributed by atoms with Crippen LogP contribution in [0.25, 0.3) is 0 Å². The zero-order chi connectivity index (χ0) is 15.8. The van der Waals surface area contributed by atoms with E-state index in [4.69, 9.17) is 4.74 Å². The quantitative estimate of drug-likeness (QED) is 0.732. The van der Waals surface area contributed by atoms with Gasteiger partial charge < -0.3 is 20.5 Å². The number of hydrogen-bond donors (Lipinski definition) is 3. The number of aliphatic hydroxyl groups excluding tert-OH is 1. The van der Waals surface area contributed by atoms with E-state index in [1.54, 1.807) is 6.07 Å². The minimum absolute atomic E-state index is 0.153. The van der Waals surface area contributed by atoms with Crippen molar-refractivity contribution in [2.45, 2.75) is 19.4 Å². The van der Waals surface area contributed by atoms with Crippen molar-refractivity contribution in [1.29, 1.82) is 0 Å². The second-order valence-electron chi connectivity index (χ2n) is 4.75. The molecule has 0 aliphatic rings. The molecule has 3 N–H and O–H groups in total. The molecule has 0 aliphatic carbocycles. The first-order chi connectivity index (χ1) is 10.7. The third-order valence-corrected chi connectivity index (χ3v) is 3.68. The minimum atomic E-state index is -0.705. The number of nitrogens with one attached hydrogen (secondary N) is 2. The molecule has 1 aromatic carbocycles. The van der Waals surface area contributed by atoms with Gasteiger partial charge in [-0.2, -0.15) is 11.3 Å². The van der Waals surface area contributed by atoms with Gasteiger partial charge in [0.2, 0.25) is 0 Å². The van der Waals surface area contributed by atoms with E-state index in [1.807, 2.05) is 41.9 Å². The second kappa shape index (κ2) is 8.41. The third kappa shape index (κ3) is 4.75. The van der Waals surface area contributed by atoms with E-state index in [0.29, 0.717) is 18.0 Å². The van der Waals surface area contributed by atoms with Gasteiger partial charge in [0.05, 0.1) is 18.4 Å². The predicted molar refractivity (Wildman–Crippen MR) is 88.5 cm³/mol. The number of urea groups is 1. The van der Waals surface area contributed by atoms with E-state index in [9.17, 15) is 9.90 Å². The molecule has 0 fully saturated rings. The summed E-state index contributed by atoms with van der Waals surface area (Å²) >= 11 is 1.51. The molecule has 0 aliphatic heterocycles. The summed E-state index contributed by atoms with van der Waals surface area (Å²) in [6.07, 6.45) is 0.191. The Bertz CT molecular complexity index is 587. The van der Waals surface area contributed by atoms with Crippen LogP contribution in [-0.4, -0.2) is 24.3 Å². The molecule has 5 nitrogen and oxygen atoms in total. The number of benzene rings is 1. The standard InChI is InChI=1S/C16H20N2O3S/c1-2-8-21-15-6-4-3-5-13(15)18-16(20)17-10-14(19)12-7-9-22-11-12/h3-7,9,11,14,19H,2,8,10H2,1H3,(H2,17,18,20). The Hall–Kier alpha value is -2.05. The van der Waals surface area contributed by atoms with E-state index in [1.165, 1.54) is 11.3 Å². The monoisotopic (exact) mass is 320 g/mol. The maximum Gasteiger partial charge on any atom is 0.319 e. The fourth-order valence-corrected chi connectivity index (χ4v) is 2.55. The first-order valence-electron chi connectivity index (χ1n) is 7.17. The number of anilines is 1. The van der Waals surface area contributed by atoms with E-state index in [0.717, 1.165) is 12.0 Å². The molecule has 1 aromatic heterocycles. The Kier molecular flexibility index (Phi) is 6.24. The third-order valence-electron chi connectivity index (χ3n) is 2.98. The van der Waals surface area contributed by atoms with Gasteiger partial charge in [-0.1, -0.05) is 19.1 Å². The topological polar surface area (TPSA) is 70.6 Å². The molecule has 1 atom stereocenters. The first-order valence-corrected chi connectivity index (χ1v) is 8.11. The van der Waals surface area contributed by atoms with E-state index >= 15 is 0 Å². The summed E-state index contributed by atoms with van der Waals surface area (Å²) in [6.45, 7) is 2.77. The fourth-order valence-electron chi connectivity index (χ4n) is 1.85. The van der Waals surface area contributed by atoms with Crippen LogP contribution in [0.3, 0.4) is 0 Å². The molecule has 0 saturated heterocycles. The van der Waals surface area contributed by atoms with Crippen LogP contribution in [0.5, 0.6) is 5.75 Å². The largest absolute Gasteiger partial charge is 0.491 e. The van der Waals surface area contributed by atoms with Crippen LogP contribution in [0.2, 0.25) is 0 Å². The smallest absolute Gasteiger partial charge is 0.319 e. The maximum absolute atomic E-state index is 11.9. The lowest BCUT2D eigenvalue weighted by Gasteiger charge is -2.14. The molecule has 0 bridgehead atoms. The van der Waals surface area contributed by atoms with Gasteiger partial charge in [-0.3, -0.25) is 0 Å². The number of aliphatic hydroxyl groups is 1. The summed E-state index contributed by atoms with van der Waals surface area (Å²) in [6, 6.07) is 8.74.